The van der Waals surface area contributed by atoms with Gasteiger partial charge in [0.25, 0.3) is 0 Å². The largest absolute Gasteiger partial charge is 0.494 e. The fourth-order valence-corrected chi connectivity index (χ4v) is 2.77. The van der Waals surface area contributed by atoms with Crippen molar-refractivity contribution in [3.05, 3.63) is 29.8 Å². The van der Waals surface area contributed by atoms with Crippen molar-refractivity contribution in [1.29, 1.82) is 0 Å². The van der Waals surface area contributed by atoms with Gasteiger partial charge in [0.1, 0.15) is 5.75 Å². The zero-order valence-corrected chi connectivity index (χ0v) is 14.7. The lowest BCUT2D eigenvalue weighted by Gasteiger charge is -2.33. The van der Waals surface area contributed by atoms with Gasteiger partial charge in [0.05, 0.1) is 6.61 Å². The lowest BCUT2D eigenvalue weighted by atomic mass is 9.82. The highest BCUT2D eigenvalue weighted by Crippen LogP contribution is 2.26. The van der Waals surface area contributed by atoms with Crippen LogP contribution < -0.4 is 15.4 Å². The second-order valence-corrected chi connectivity index (χ2v) is 7.51. The SMILES string of the molecule is CCOc1ccc(CNC(=O)NC(C)(C)CC(C)(C)C)cc1. The van der Waals surface area contributed by atoms with Crippen molar-refractivity contribution in [2.45, 2.75) is 60.0 Å². The molecule has 0 fully saturated rings. The molecule has 0 bridgehead atoms. The molecule has 2 N–H and O–H groups in total. The van der Waals surface area contributed by atoms with E-state index in [1.54, 1.807) is 0 Å². The van der Waals surface area contributed by atoms with Gasteiger partial charge in [-0.1, -0.05) is 32.9 Å². The van der Waals surface area contributed by atoms with E-state index in [2.05, 4.69) is 45.3 Å². The molecule has 0 radical (unpaired) electrons. The summed E-state index contributed by atoms with van der Waals surface area (Å²) in [5, 5.41) is 5.94. The van der Waals surface area contributed by atoms with Gasteiger partial charge in [0.2, 0.25) is 0 Å². The van der Waals surface area contributed by atoms with E-state index in [9.17, 15) is 4.79 Å². The fourth-order valence-electron chi connectivity index (χ4n) is 2.77. The predicted octanol–water partition coefficient (Wildman–Crippen LogP) is 4.10. The third kappa shape index (κ3) is 7.34. The molecule has 0 atom stereocenters. The third-order valence-electron chi connectivity index (χ3n) is 3.11. The van der Waals surface area contributed by atoms with Crippen LogP contribution in [0.1, 0.15) is 53.5 Å². The number of carbonyl (C=O) groups is 1. The zero-order valence-electron chi connectivity index (χ0n) is 14.7. The van der Waals surface area contributed by atoms with Crippen LogP contribution in [0.5, 0.6) is 5.75 Å². The van der Waals surface area contributed by atoms with Gasteiger partial charge in [0.15, 0.2) is 0 Å². The molecule has 4 nitrogen and oxygen atoms in total. The molecule has 0 aliphatic heterocycles. The second-order valence-electron chi connectivity index (χ2n) is 7.51. The Morgan fingerprint density at radius 3 is 2.18 bits per heavy atom. The molecule has 0 aromatic heterocycles. The molecular formula is C18H30N2O2. The van der Waals surface area contributed by atoms with Crippen molar-refractivity contribution in [3.8, 4) is 5.75 Å². The summed E-state index contributed by atoms with van der Waals surface area (Å²) in [6, 6.07) is 7.63. The average molecular weight is 306 g/mol. The number of rotatable bonds is 6. The Hall–Kier alpha value is -1.71. The maximum absolute atomic E-state index is 12.0. The van der Waals surface area contributed by atoms with Gasteiger partial charge < -0.3 is 15.4 Å². The van der Waals surface area contributed by atoms with E-state index in [1.807, 2.05) is 31.2 Å². The van der Waals surface area contributed by atoms with Gasteiger partial charge in [-0.05, 0) is 50.3 Å². The first-order valence-corrected chi connectivity index (χ1v) is 7.89. The van der Waals surface area contributed by atoms with Crippen LogP contribution in [0, 0.1) is 5.41 Å². The van der Waals surface area contributed by atoms with Crippen molar-refractivity contribution < 1.29 is 9.53 Å². The summed E-state index contributed by atoms with van der Waals surface area (Å²) >= 11 is 0. The highest BCUT2D eigenvalue weighted by atomic mass is 16.5. The summed E-state index contributed by atoms with van der Waals surface area (Å²) in [6.45, 7) is 13.7. The molecule has 0 saturated heterocycles. The van der Waals surface area contributed by atoms with Gasteiger partial charge in [-0.2, -0.15) is 0 Å². The number of carbonyl (C=O) groups excluding carboxylic acids is 1. The second kappa shape index (κ2) is 7.52. The Morgan fingerprint density at radius 2 is 1.68 bits per heavy atom. The number of hydrogen-bond donors (Lipinski definition) is 2. The Kier molecular flexibility index (Phi) is 6.27. The first-order chi connectivity index (χ1) is 10.1. The van der Waals surface area contributed by atoms with E-state index in [1.165, 1.54) is 0 Å². The average Bonchev–Trinajstić information content (AvgIpc) is 2.34. The molecule has 0 aliphatic carbocycles. The Bertz CT molecular complexity index is 473. The lowest BCUT2D eigenvalue weighted by molar-refractivity contribution is 0.210. The van der Waals surface area contributed by atoms with Crippen LogP contribution in [0.4, 0.5) is 4.79 Å². The van der Waals surface area contributed by atoms with E-state index in [0.717, 1.165) is 17.7 Å². The summed E-state index contributed by atoms with van der Waals surface area (Å²) in [6.07, 6.45) is 0.913. The minimum Gasteiger partial charge on any atom is -0.494 e. The Balaban J connectivity index is 2.45. The van der Waals surface area contributed by atoms with Crippen molar-refractivity contribution >= 4 is 6.03 Å². The fraction of sp³-hybridized carbons (Fsp3) is 0.611. The molecule has 1 aromatic carbocycles. The quantitative estimate of drug-likeness (QED) is 0.831. The number of ether oxygens (including phenoxy) is 1. The highest BCUT2D eigenvalue weighted by molar-refractivity contribution is 5.74. The monoisotopic (exact) mass is 306 g/mol. The maximum Gasteiger partial charge on any atom is 0.315 e. The molecule has 2 amide bonds. The maximum atomic E-state index is 12.0. The van der Waals surface area contributed by atoms with Crippen LogP contribution >= 0.6 is 0 Å². The van der Waals surface area contributed by atoms with E-state index in [0.29, 0.717) is 13.2 Å². The molecule has 0 saturated carbocycles. The summed E-state index contributed by atoms with van der Waals surface area (Å²) in [5.41, 5.74) is 0.986. The van der Waals surface area contributed by atoms with E-state index in [-0.39, 0.29) is 17.0 Å². The normalized spacial score (nSPS) is 11.9. The minimum atomic E-state index is -0.235. The smallest absolute Gasteiger partial charge is 0.315 e. The molecule has 0 aliphatic rings. The van der Waals surface area contributed by atoms with Crippen LogP contribution in [0.2, 0.25) is 0 Å². The van der Waals surface area contributed by atoms with Crippen LogP contribution in [0.25, 0.3) is 0 Å². The summed E-state index contributed by atoms with van der Waals surface area (Å²) in [7, 11) is 0. The standard InChI is InChI=1S/C18H30N2O2/c1-7-22-15-10-8-14(9-11-15)12-19-16(21)20-18(5,6)13-17(2,3)4/h8-11H,7,12-13H2,1-6H3,(H2,19,20,21). The summed E-state index contributed by atoms with van der Waals surface area (Å²) < 4.78 is 5.40. The molecule has 0 unspecified atom stereocenters. The molecule has 1 aromatic rings. The van der Waals surface area contributed by atoms with E-state index in [4.69, 9.17) is 4.74 Å². The molecule has 0 spiro atoms. The number of urea groups is 1. The number of nitrogens with one attached hydrogen (secondary N) is 2. The number of amides is 2. The van der Waals surface area contributed by atoms with Crippen LogP contribution in [0.3, 0.4) is 0 Å². The van der Waals surface area contributed by atoms with Crippen molar-refractivity contribution in [3.63, 3.8) is 0 Å². The minimum absolute atomic E-state index is 0.136. The van der Waals surface area contributed by atoms with Crippen LogP contribution in [-0.4, -0.2) is 18.2 Å². The Morgan fingerprint density at radius 1 is 1.09 bits per heavy atom. The highest BCUT2D eigenvalue weighted by Gasteiger charge is 2.26. The lowest BCUT2D eigenvalue weighted by Crippen LogP contribution is -2.49. The molecule has 4 heteroatoms. The van der Waals surface area contributed by atoms with Gasteiger partial charge in [-0.15, -0.1) is 0 Å². The van der Waals surface area contributed by atoms with Gasteiger partial charge in [-0.3, -0.25) is 0 Å². The van der Waals surface area contributed by atoms with E-state index >= 15 is 0 Å². The topological polar surface area (TPSA) is 50.4 Å². The third-order valence-corrected chi connectivity index (χ3v) is 3.11. The van der Waals surface area contributed by atoms with Crippen LogP contribution in [-0.2, 0) is 6.54 Å². The molecule has 1 rings (SSSR count). The number of hydrogen-bond acceptors (Lipinski definition) is 2. The van der Waals surface area contributed by atoms with Gasteiger partial charge in [-0.25, -0.2) is 4.79 Å². The summed E-state index contributed by atoms with van der Waals surface area (Å²) in [4.78, 5) is 12.0. The Labute approximate surface area is 134 Å². The molecule has 124 valence electrons. The van der Waals surface area contributed by atoms with Gasteiger partial charge >= 0.3 is 6.03 Å². The summed E-state index contributed by atoms with van der Waals surface area (Å²) in [5.74, 6) is 0.849. The van der Waals surface area contributed by atoms with Gasteiger partial charge in [0, 0.05) is 12.1 Å². The van der Waals surface area contributed by atoms with Crippen LogP contribution in [0.15, 0.2) is 24.3 Å². The molecular weight excluding hydrogens is 276 g/mol. The van der Waals surface area contributed by atoms with Crippen molar-refractivity contribution in [1.82, 2.24) is 10.6 Å². The van der Waals surface area contributed by atoms with Crippen molar-refractivity contribution in [2.75, 3.05) is 6.61 Å². The first-order valence-electron chi connectivity index (χ1n) is 7.89. The predicted molar refractivity (Wildman–Crippen MR) is 91.1 cm³/mol. The molecule has 0 heterocycles. The zero-order chi connectivity index (χ0) is 16.8. The van der Waals surface area contributed by atoms with Crippen molar-refractivity contribution in [2.24, 2.45) is 5.41 Å². The van der Waals surface area contributed by atoms with E-state index < -0.39 is 0 Å². The number of benzene rings is 1. The first kappa shape index (κ1) is 18.3. The molecule has 22 heavy (non-hydrogen) atoms.